The van der Waals surface area contributed by atoms with Crippen LogP contribution >= 0.6 is 0 Å². The molecule has 0 radical (unpaired) electrons. The van der Waals surface area contributed by atoms with Crippen molar-refractivity contribution in [3.05, 3.63) is 71.8 Å². The van der Waals surface area contributed by atoms with Gasteiger partial charge in [0.15, 0.2) is 11.5 Å². The second kappa shape index (κ2) is 11.1. The zero-order valence-electron chi connectivity index (χ0n) is 23.0. The molecule has 0 saturated carbocycles. The summed E-state index contributed by atoms with van der Waals surface area (Å²) in [5.41, 5.74) is 1.42. The summed E-state index contributed by atoms with van der Waals surface area (Å²) < 4.78 is 50.9. The maximum atomic E-state index is 13.8. The Morgan fingerprint density at radius 2 is 1.67 bits per heavy atom. The van der Waals surface area contributed by atoms with Crippen molar-refractivity contribution in [2.75, 3.05) is 32.2 Å². The summed E-state index contributed by atoms with van der Waals surface area (Å²) in [6, 6.07) is 16.3. The van der Waals surface area contributed by atoms with Gasteiger partial charge in [0.25, 0.3) is 10.0 Å². The van der Waals surface area contributed by atoms with Gasteiger partial charge < -0.3 is 24.3 Å². The molecule has 1 N–H and O–H groups in total. The third-order valence-electron chi connectivity index (χ3n) is 6.56. The van der Waals surface area contributed by atoms with Crippen LogP contribution in [-0.2, 0) is 14.8 Å². The average molecular weight is 555 g/mol. The van der Waals surface area contributed by atoms with E-state index in [1.165, 1.54) is 32.4 Å². The number of carbonyl (C=O) groups excluding carboxylic acids is 1. The van der Waals surface area contributed by atoms with Gasteiger partial charge in [0, 0.05) is 24.1 Å². The number of hydrogen-bond donors (Lipinski definition) is 1. The molecule has 39 heavy (non-hydrogen) atoms. The number of rotatable bonds is 9. The van der Waals surface area contributed by atoms with Crippen molar-refractivity contribution in [3.63, 3.8) is 0 Å². The molecule has 9 nitrogen and oxygen atoms in total. The average Bonchev–Trinajstić information content (AvgIpc) is 2.90. The molecule has 0 fully saturated rings. The van der Waals surface area contributed by atoms with Gasteiger partial charge in [-0.25, -0.2) is 8.42 Å². The summed E-state index contributed by atoms with van der Waals surface area (Å²) in [5.74, 6) is 1.56. The lowest BCUT2D eigenvalue weighted by molar-refractivity contribution is -0.120. The van der Waals surface area contributed by atoms with E-state index in [4.69, 9.17) is 18.9 Å². The molecular weight excluding hydrogens is 520 g/mol. The third-order valence-corrected chi connectivity index (χ3v) is 8.35. The Morgan fingerprint density at radius 1 is 0.974 bits per heavy atom. The molecule has 1 heterocycles. The first-order valence-corrected chi connectivity index (χ1v) is 13.9. The normalized spacial score (nSPS) is 15.9. The Bertz CT molecular complexity index is 1450. The van der Waals surface area contributed by atoms with Crippen LogP contribution in [0.25, 0.3) is 0 Å². The Balaban J connectivity index is 1.69. The van der Waals surface area contributed by atoms with E-state index in [9.17, 15) is 13.2 Å². The lowest BCUT2D eigenvalue weighted by Crippen LogP contribution is -2.45. The standard InChI is InChI=1S/C29H34N2O7S/c1-19-7-11-22(12-8-19)39(33,34)31(20-9-14-25(36-5)27(15-20)37-6)18-28(32)30-24-17-29(2,3)38-26-16-21(35-4)10-13-23(24)26/h7-16,24H,17-18H2,1-6H3,(H,30,32). The van der Waals surface area contributed by atoms with Crippen molar-refractivity contribution in [3.8, 4) is 23.0 Å². The van der Waals surface area contributed by atoms with Crippen LogP contribution < -0.4 is 28.6 Å². The molecule has 3 aromatic rings. The van der Waals surface area contributed by atoms with Crippen LogP contribution in [0.15, 0.2) is 65.6 Å². The number of carbonyl (C=O) groups is 1. The second-order valence-electron chi connectivity index (χ2n) is 9.95. The molecular formula is C29H34N2O7S. The number of amides is 1. The lowest BCUT2D eigenvalue weighted by atomic mass is 9.89. The zero-order valence-corrected chi connectivity index (χ0v) is 23.8. The minimum absolute atomic E-state index is 0.0697. The summed E-state index contributed by atoms with van der Waals surface area (Å²) in [6.07, 6.45) is 0.499. The maximum absolute atomic E-state index is 13.8. The molecule has 1 aliphatic heterocycles. The fraction of sp³-hybridized carbons (Fsp3) is 0.345. The van der Waals surface area contributed by atoms with Crippen LogP contribution in [0.5, 0.6) is 23.0 Å². The molecule has 0 aromatic heterocycles. The summed E-state index contributed by atoms with van der Waals surface area (Å²) in [5, 5.41) is 3.03. The zero-order chi connectivity index (χ0) is 28.4. The van der Waals surface area contributed by atoms with Crippen LogP contribution in [0.3, 0.4) is 0 Å². The van der Waals surface area contributed by atoms with Crippen LogP contribution in [0.4, 0.5) is 5.69 Å². The highest BCUT2D eigenvalue weighted by atomic mass is 32.2. The molecule has 1 aliphatic rings. The molecule has 3 aromatic carbocycles. The van der Waals surface area contributed by atoms with Gasteiger partial charge in [-0.2, -0.15) is 0 Å². The number of anilines is 1. The van der Waals surface area contributed by atoms with Gasteiger partial charge in [-0.1, -0.05) is 17.7 Å². The van der Waals surface area contributed by atoms with Gasteiger partial charge >= 0.3 is 0 Å². The Kier molecular flexibility index (Phi) is 7.96. The van der Waals surface area contributed by atoms with Crippen LogP contribution in [0.1, 0.15) is 37.4 Å². The highest BCUT2D eigenvalue weighted by Crippen LogP contribution is 2.41. The lowest BCUT2D eigenvalue weighted by Gasteiger charge is -2.38. The number of nitrogens with zero attached hydrogens (tertiary/aromatic N) is 1. The van der Waals surface area contributed by atoms with E-state index < -0.39 is 34.1 Å². The van der Waals surface area contributed by atoms with Crippen LogP contribution in [0, 0.1) is 6.92 Å². The van der Waals surface area contributed by atoms with E-state index in [0.29, 0.717) is 29.4 Å². The quantitative estimate of drug-likeness (QED) is 0.411. The fourth-order valence-electron chi connectivity index (χ4n) is 4.59. The summed E-state index contributed by atoms with van der Waals surface area (Å²) in [7, 11) is 0.426. The predicted molar refractivity (Wildman–Crippen MR) is 148 cm³/mol. The van der Waals surface area contributed by atoms with Crippen molar-refractivity contribution >= 4 is 21.6 Å². The second-order valence-corrected chi connectivity index (χ2v) is 11.8. The first-order valence-electron chi connectivity index (χ1n) is 12.4. The number of fused-ring (bicyclic) bond motifs is 1. The van der Waals surface area contributed by atoms with Crippen molar-refractivity contribution in [2.24, 2.45) is 0 Å². The van der Waals surface area contributed by atoms with Gasteiger partial charge in [0.2, 0.25) is 5.91 Å². The fourth-order valence-corrected chi connectivity index (χ4v) is 6.00. The number of methoxy groups -OCH3 is 3. The van der Waals surface area contributed by atoms with E-state index in [2.05, 4.69) is 5.32 Å². The van der Waals surface area contributed by atoms with Gasteiger partial charge in [-0.3, -0.25) is 9.10 Å². The largest absolute Gasteiger partial charge is 0.497 e. The van der Waals surface area contributed by atoms with Gasteiger partial charge in [-0.15, -0.1) is 0 Å². The highest BCUT2D eigenvalue weighted by Gasteiger charge is 2.36. The number of benzene rings is 3. The smallest absolute Gasteiger partial charge is 0.264 e. The van der Waals surface area contributed by atoms with Gasteiger partial charge in [-0.05, 0) is 57.2 Å². The minimum Gasteiger partial charge on any atom is -0.497 e. The van der Waals surface area contributed by atoms with Crippen molar-refractivity contribution in [1.82, 2.24) is 5.32 Å². The number of aryl methyl sites for hydroxylation is 1. The summed E-state index contributed by atoms with van der Waals surface area (Å²) >= 11 is 0. The molecule has 0 aliphatic carbocycles. The van der Waals surface area contributed by atoms with Gasteiger partial charge in [0.05, 0.1) is 38.0 Å². The SMILES string of the molecule is COc1ccc2c(c1)OC(C)(C)CC2NC(=O)CN(c1ccc(OC)c(OC)c1)S(=O)(=O)c1ccc(C)cc1. The Hall–Kier alpha value is -3.92. The minimum atomic E-state index is -4.11. The van der Waals surface area contributed by atoms with E-state index in [0.717, 1.165) is 15.4 Å². The maximum Gasteiger partial charge on any atom is 0.264 e. The van der Waals surface area contributed by atoms with E-state index >= 15 is 0 Å². The molecule has 0 saturated heterocycles. The van der Waals surface area contributed by atoms with Crippen molar-refractivity contribution in [2.45, 2.75) is 43.7 Å². The van der Waals surface area contributed by atoms with Gasteiger partial charge in [0.1, 0.15) is 23.6 Å². The van der Waals surface area contributed by atoms with E-state index in [1.807, 2.05) is 26.8 Å². The molecule has 1 atom stereocenters. The number of sulfonamides is 1. The summed E-state index contributed by atoms with van der Waals surface area (Å²) in [6.45, 7) is 5.30. The number of hydrogen-bond acceptors (Lipinski definition) is 7. The molecule has 4 rings (SSSR count). The first kappa shape index (κ1) is 28.1. The molecule has 1 amide bonds. The summed E-state index contributed by atoms with van der Waals surface area (Å²) in [4.78, 5) is 13.6. The Labute approximate surface area is 229 Å². The van der Waals surface area contributed by atoms with Crippen LogP contribution in [0.2, 0.25) is 0 Å². The molecule has 208 valence electrons. The molecule has 0 spiro atoms. The number of nitrogens with one attached hydrogen (secondary N) is 1. The molecule has 1 unspecified atom stereocenters. The molecule has 10 heteroatoms. The van der Waals surface area contributed by atoms with Crippen LogP contribution in [-0.4, -0.2) is 47.8 Å². The molecule has 0 bridgehead atoms. The van der Waals surface area contributed by atoms with Crippen molar-refractivity contribution < 1.29 is 32.2 Å². The highest BCUT2D eigenvalue weighted by molar-refractivity contribution is 7.92. The monoisotopic (exact) mass is 554 g/mol. The predicted octanol–water partition coefficient (Wildman–Crippen LogP) is 4.63. The van der Waals surface area contributed by atoms with Crippen molar-refractivity contribution in [1.29, 1.82) is 0 Å². The third kappa shape index (κ3) is 6.06. The Morgan fingerprint density at radius 3 is 2.31 bits per heavy atom. The van der Waals surface area contributed by atoms with E-state index in [1.54, 1.807) is 43.5 Å². The first-order chi connectivity index (χ1) is 18.5. The van der Waals surface area contributed by atoms with E-state index in [-0.39, 0.29) is 10.6 Å². The topological polar surface area (TPSA) is 103 Å². The number of ether oxygens (including phenoxy) is 4.